The van der Waals surface area contributed by atoms with Crippen LogP contribution in [0.3, 0.4) is 0 Å². The molecule has 1 fully saturated rings. The standard InChI is InChI=1S/C17H24BrF2N/c1-4-21-17(12-8-10(2)7-11(3)9-12)13-5-6-14(19)16(20)15(13)18/h5-6,10-12,17,21H,4,7-9H2,1-3H3. The van der Waals surface area contributed by atoms with Crippen LogP contribution in [0.2, 0.25) is 0 Å². The van der Waals surface area contributed by atoms with E-state index in [9.17, 15) is 8.78 Å². The van der Waals surface area contributed by atoms with Gasteiger partial charge in [0.25, 0.3) is 0 Å². The first kappa shape index (κ1) is 16.9. The van der Waals surface area contributed by atoms with Crippen molar-refractivity contribution in [3.05, 3.63) is 33.8 Å². The summed E-state index contributed by atoms with van der Waals surface area (Å²) in [6.07, 6.45) is 3.52. The van der Waals surface area contributed by atoms with Gasteiger partial charge in [-0.1, -0.05) is 26.8 Å². The second kappa shape index (κ2) is 7.19. The second-order valence-electron chi connectivity index (χ2n) is 6.48. The molecule has 2 rings (SSSR count). The summed E-state index contributed by atoms with van der Waals surface area (Å²) in [5.74, 6) is 0.247. The second-order valence-corrected chi connectivity index (χ2v) is 7.27. The van der Waals surface area contributed by atoms with Gasteiger partial charge in [0, 0.05) is 6.04 Å². The van der Waals surface area contributed by atoms with Gasteiger partial charge in [-0.2, -0.15) is 0 Å². The first-order valence-corrected chi connectivity index (χ1v) is 8.60. The van der Waals surface area contributed by atoms with Crippen LogP contribution in [0.15, 0.2) is 16.6 Å². The van der Waals surface area contributed by atoms with Gasteiger partial charge in [0.1, 0.15) is 0 Å². The van der Waals surface area contributed by atoms with E-state index >= 15 is 0 Å². The Balaban J connectivity index is 2.32. The smallest absolute Gasteiger partial charge is 0.173 e. The molecule has 0 bridgehead atoms. The van der Waals surface area contributed by atoms with E-state index in [4.69, 9.17) is 0 Å². The molecule has 1 nitrogen and oxygen atoms in total. The molecule has 0 spiro atoms. The molecule has 1 aromatic carbocycles. The number of rotatable bonds is 4. The minimum Gasteiger partial charge on any atom is -0.310 e. The van der Waals surface area contributed by atoms with Gasteiger partial charge in [0.2, 0.25) is 0 Å². The molecule has 1 aliphatic rings. The highest BCUT2D eigenvalue weighted by Gasteiger charge is 2.32. The van der Waals surface area contributed by atoms with Crippen LogP contribution < -0.4 is 5.32 Å². The van der Waals surface area contributed by atoms with Gasteiger partial charge in [-0.15, -0.1) is 0 Å². The third-order valence-corrected chi connectivity index (χ3v) is 5.32. The summed E-state index contributed by atoms with van der Waals surface area (Å²) < 4.78 is 27.5. The highest BCUT2D eigenvalue weighted by Crippen LogP contribution is 2.42. The average molecular weight is 360 g/mol. The topological polar surface area (TPSA) is 12.0 Å². The Morgan fingerprint density at radius 2 is 1.81 bits per heavy atom. The fourth-order valence-corrected chi connectivity index (χ4v) is 4.38. The van der Waals surface area contributed by atoms with Crippen molar-refractivity contribution in [2.45, 2.75) is 46.1 Å². The van der Waals surface area contributed by atoms with Gasteiger partial charge >= 0.3 is 0 Å². The molecule has 0 aliphatic heterocycles. The van der Waals surface area contributed by atoms with Crippen LogP contribution in [0, 0.1) is 29.4 Å². The maximum Gasteiger partial charge on any atom is 0.173 e. The van der Waals surface area contributed by atoms with E-state index in [2.05, 4.69) is 42.0 Å². The van der Waals surface area contributed by atoms with Crippen molar-refractivity contribution in [2.24, 2.45) is 17.8 Å². The van der Waals surface area contributed by atoms with Gasteiger partial charge in [0.05, 0.1) is 4.47 Å². The van der Waals surface area contributed by atoms with Gasteiger partial charge in [-0.3, -0.25) is 0 Å². The van der Waals surface area contributed by atoms with Crippen molar-refractivity contribution in [1.29, 1.82) is 0 Å². The predicted molar refractivity (Wildman–Crippen MR) is 86.1 cm³/mol. The molecule has 0 amide bonds. The average Bonchev–Trinajstić information content (AvgIpc) is 2.42. The number of hydrogen-bond donors (Lipinski definition) is 1. The molecule has 118 valence electrons. The molecule has 3 atom stereocenters. The largest absolute Gasteiger partial charge is 0.310 e. The quantitative estimate of drug-likeness (QED) is 0.704. The lowest BCUT2D eigenvalue weighted by molar-refractivity contribution is 0.177. The van der Waals surface area contributed by atoms with Crippen LogP contribution >= 0.6 is 15.9 Å². The molecule has 3 unspecified atom stereocenters. The highest BCUT2D eigenvalue weighted by atomic mass is 79.9. The Morgan fingerprint density at radius 3 is 2.38 bits per heavy atom. The van der Waals surface area contributed by atoms with E-state index in [-0.39, 0.29) is 10.5 Å². The molecule has 1 aromatic rings. The van der Waals surface area contributed by atoms with Crippen LogP contribution in [0.25, 0.3) is 0 Å². The van der Waals surface area contributed by atoms with Crippen molar-refractivity contribution >= 4 is 15.9 Å². The molecule has 1 saturated carbocycles. The number of nitrogens with one attached hydrogen (secondary N) is 1. The van der Waals surface area contributed by atoms with Crippen molar-refractivity contribution in [2.75, 3.05) is 6.54 Å². The fourth-order valence-electron chi connectivity index (χ4n) is 3.81. The normalized spacial score (nSPS) is 27.6. The summed E-state index contributed by atoms with van der Waals surface area (Å²) in [5.41, 5.74) is 0.835. The van der Waals surface area contributed by atoms with Crippen molar-refractivity contribution in [3.8, 4) is 0 Å². The molecule has 1 N–H and O–H groups in total. The van der Waals surface area contributed by atoms with Crippen molar-refractivity contribution in [3.63, 3.8) is 0 Å². The molecule has 0 radical (unpaired) electrons. The predicted octanol–water partition coefficient (Wildman–Crippen LogP) is 5.45. The first-order chi connectivity index (χ1) is 9.93. The van der Waals surface area contributed by atoms with Crippen LogP contribution in [-0.4, -0.2) is 6.54 Å². The maximum atomic E-state index is 13.9. The molecule has 21 heavy (non-hydrogen) atoms. The summed E-state index contributed by atoms with van der Waals surface area (Å²) in [6.45, 7) is 7.43. The van der Waals surface area contributed by atoms with Crippen LogP contribution in [0.1, 0.15) is 51.6 Å². The molecule has 0 saturated heterocycles. The zero-order chi connectivity index (χ0) is 15.6. The molecular formula is C17H24BrF2N. The Labute approximate surface area is 134 Å². The summed E-state index contributed by atoms with van der Waals surface area (Å²) in [4.78, 5) is 0. The van der Waals surface area contributed by atoms with E-state index in [1.807, 2.05) is 0 Å². The third-order valence-electron chi connectivity index (χ3n) is 4.51. The maximum absolute atomic E-state index is 13.9. The van der Waals surface area contributed by atoms with Gasteiger partial charge in [-0.05, 0) is 71.1 Å². The Hall–Kier alpha value is -0.480. The highest BCUT2D eigenvalue weighted by molar-refractivity contribution is 9.10. The SMILES string of the molecule is CCNC(c1ccc(F)c(F)c1Br)C1CC(C)CC(C)C1. The van der Waals surface area contributed by atoms with Crippen molar-refractivity contribution in [1.82, 2.24) is 5.32 Å². The number of hydrogen-bond acceptors (Lipinski definition) is 1. The van der Waals surface area contributed by atoms with Gasteiger partial charge < -0.3 is 5.32 Å². The van der Waals surface area contributed by atoms with Crippen LogP contribution in [0.4, 0.5) is 8.78 Å². The minimum absolute atomic E-state index is 0.0738. The fraction of sp³-hybridized carbons (Fsp3) is 0.647. The molecule has 0 heterocycles. The molecular weight excluding hydrogens is 336 g/mol. The van der Waals surface area contributed by atoms with Gasteiger partial charge in [-0.25, -0.2) is 8.78 Å². The van der Waals surface area contributed by atoms with E-state index in [0.717, 1.165) is 24.9 Å². The number of benzene rings is 1. The van der Waals surface area contributed by atoms with Crippen molar-refractivity contribution < 1.29 is 8.78 Å². The lowest BCUT2D eigenvalue weighted by Gasteiger charge is -2.37. The Kier molecular flexibility index (Phi) is 5.78. The molecule has 1 aliphatic carbocycles. The van der Waals surface area contributed by atoms with Crippen LogP contribution in [0.5, 0.6) is 0 Å². The summed E-state index contributed by atoms with van der Waals surface area (Å²) in [6, 6.07) is 3.01. The summed E-state index contributed by atoms with van der Waals surface area (Å²) >= 11 is 3.24. The van der Waals surface area contributed by atoms with Crippen LogP contribution in [-0.2, 0) is 0 Å². The van der Waals surface area contributed by atoms with E-state index in [1.54, 1.807) is 6.07 Å². The van der Waals surface area contributed by atoms with E-state index < -0.39 is 11.6 Å². The third kappa shape index (κ3) is 3.84. The van der Waals surface area contributed by atoms with E-state index in [0.29, 0.717) is 17.8 Å². The van der Waals surface area contributed by atoms with Gasteiger partial charge in [0.15, 0.2) is 11.6 Å². The summed E-state index contributed by atoms with van der Waals surface area (Å²) in [7, 11) is 0. The Morgan fingerprint density at radius 1 is 1.19 bits per heavy atom. The monoisotopic (exact) mass is 359 g/mol. The Bertz CT molecular complexity index is 482. The zero-order valence-electron chi connectivity index (χ0n) is 12.9. The minimum atomic E-state index is -0.800. The lowest BCUT2D eigenvalue weighted by Crippen LogP contribution is -2.33. The molecule has 4 heteroatoms. The number of halogens is 3. The lowest BCUT2D eigenvalue weighted by atomic mass is 9.72. The van der Waals surface area contributed by atoms with E-state index in [1.165, 1.54) is 12.5 Å². The molecule has 0 aromatic heterocycles. The first-order valence-electron chi connectivity index (χ1n) is 7.80. The zero-order valence-corrected chi connectivity index (χ0v) is 14.5. The summed E-state index contributed by atoms with van der Waals surface area (Å²) in [5, 5.41) is 3.48.